The van der Waals surface area contributed by atoms with Crippen LogP contribution < -0.4 is 10.0 Å². The fourth-order valence-corrected chi connectivity index (χ4v) is 3.01. The first-order valence-electron chi connectivity index (χ1n) is 7.41. The number of amides is 1. The van der Waals surface area contributed by atoms with E-state index in [1.165, 1.54) is 36.4 Å². The van der Waals surface area contributed by atoms with Crippen LogP contribution in [0.15, 0.2) is 48.5 Å². The molecule has 138 valence electrons. The molecule has 2 rings (SSSR count). The first-order chi connectivity index (χ1) is 12.1. The molecule has 0 bridgehead atoms. The van der Waals surface area contributed by atoms with Crippen LogP contribution in [-0.2, 0) is 14.8 Å². The molecule has 8 nitrogen and oxygen atoms in total. The first kappa shape index (κ1) is 19.5. The topological polar surface area (TPSA) is 118 Å². The summed E-state index contributed by atoms with van der Waals surface area (Å²) in [6, 6.07) is 9.51. The van der Waals surface area contributed by atoms with E-state index in [2.05, 4.69) is 10.0 Å². The number of rotatable bonds is 7. The summed E-state index contributed by atoms with van der Waals surface area (Å²) in [5.74, 6) is -1.05. The highest BCUT2D eigenvalue weighted by molar-refractivity contribution is 7.88. The van der Waals surface area contributed by atoms with Crippen molar-refractivity contribution in [1.29, 1.82) is 0 Å². The third kappa shape index (κ3) is 5.90. The van der Waals surface area contributed by atoms with Gasteiger partial charge in [-0.3, -0.25) is 14.9 Å². The van der Waals surface area contributed by atoms with Crippen molar-refractivity contribution < 1.29 is 22.5 Å². The Bertz CT molecular complexity index is 916. The van der Waals surface area contributed by atoms with Crippen LogP contribution in [0.2, 0.25) is 0 Å². The molecule has 0 heterocycles. The lowest BCUT2D eigenvalue weighted by atomic mass is 10.0. The van der Waals surface area contributed by atoms with Gasteiger partial charge in [0.15, 0.2) is 0 Å². The zero-order chi connectivity index (χ0) is 19.3. The number of carbonyl (C=O) groups excluding carboxylic acids is 1. The molecule has 2 N–H and O–H groups in total. The van der Waals surface area contributed by atoms with E-state index in [4.69, 9.17) is 0 Å². The molecular formula is C16H16FN3O5S. The van der Waals surface area contributed by atoms with Gasteiger partial charge >= 0.3 is 0 Å². The van der Waals surface area contributed by atoms with Crippen LogP contribution in [0, 0.1) is 15.9 Å². The summed E-state index contributed by atoms with van der Waals surface area (Å²) in [6.07, 6.45) is 0.670. The van der Waals surface area contributed by atoms with Gasteiger partial charge in [-0.1, -0.05) is 18.2 Å². The third-order valence-corrected chi connectivity index (χ3v) is 4.07. The van der Waals surface area contributed by atoms with E-state index in [9.17, 15) is 27.7 Å². The Morgan fingerprint density at radius 1 is 1.23 bits per heavy atom. The zero-order valence-corrected chi connectivity index (χ0v) is 14.5. The van der Waals surface area contributed by atoms with Gasteiger partial charge in [-0.05, 0) is 23.8 Å². The monoisotopic (exact) mass is 381 g/mol. The molecule has 2 aromatic rings. The number of anilines is 1. The lowest BCUT2D eigenvalue weighted by molar-refractivity contribution is -0.384. The average molecular weight is 381 g/mol. The summed E-state index contributed by atoms with van der Waals surface area (Å²) < 4.78 is 38.5. The van der Waals surface area contributed by atoms with Gasteiger partial charge < -0.3 is 5.32 Å². The van der Waals surface area contributed by atoms with Crippen LogP contribution in [0.4, 0.5) is 15.8 Å². The number of benzene rings is 2. The number of nitrogens with zero attached hydrogens (tertiary/aromatic N) is 1. The molecule has 0 saturated heterocycles. The predicted molar refractivity (Wildman–Crippen MR) is 93.5 cm³/mol. The van der Waals surface area contributed by atoms with Gasteiger partial charge in [0.2, 0.25) is 15.9 Å². The average Bonchev–Trinajstić information content (AvgIpc) is 2.53. The van der Waals surface area contributed by atoms with Crippen LogP contribution in [0.5, 0.6) is 0 Å². The van der Waals surface area contributed by atoms with Crippen LogP contribution in [0.25, 0.3) is 0 Å². The molecule has 0 aromatic heterocycles. The molecule has 0 aliphatic carbocycles. The number of nitro groups is 1. The Morgan fingerprint density at radius 2 is 1.88 bits per heavy atom. The standard InChI is InChI=1S/C16H16FN3O5S/c1-26(24,25)19-15(11-5-7-12(17)8-6-11)10-16(21)18-13-3-2-4-14(9-13)20(22)23/h2-9,15,19H,10H2,1H3,(H,18,21)/t15-/m0/s1. The molecule has 0 aliphatic rings. The van der Waals surface area contributed by atoms with Crippen molar-refractivity contribution >= 4 is 27.3 Å². The van der Waals surface area contributed by atoms with E-state index in [0.717, 1.165) is 18.4 Å². The molecule has 26 heavy (non-hydrogen) atoms. The quantitative estimate of drug-likeness (QED) is 0.564. The molecule has 10 heteroatoms. The molecule has 0 fully saturated rings. The van der Waals surface area contributed by atoms with E-state index in [1.54, 1.807) is 0 Å². The summed E-state index contributed by atoms with van der Waals surface area (Å²) in [5, 5.41) is 13.3. The van der Waals surface area contributed by atoms with Crippen LogP contribution >= 0.6 is 0 Å². The fraction of sp³-hybridized carbons (Fsp3) is 0.188. The Balaban J connectivity index is 2.16. The first-order valence-corrected chi connectivity index (χ1v) is 9.30. The van der Waals surface area contributed by atoms with Gasteiger partial charge in [0.25, 0.3) is 5.69 Å². The maximum atomic E-state index is 13.1. The number of nitro benzene ring substituents is 1. The lowest BCUT2D eigenvalue weighted by Crippen LogP contribution is -2.30. The molecular weight excluding hydrogens is 365 g/mol. The van der Waals surface area contributed by atoms with E-state index in [1.807, 2.05) is 0 Å². The lowest BCUT2D eigenvalue weighted by Gasteiger charge is -2.18. The van der Waals surface area contributed by atoms with E-state index in [-0.39, 0.29) is 17.8 Å². The molecule has 2 aromatic carbocycles. The molecule has 0 radical (unpaired) electrons. The molecule has 1 atom stereocenters. The Kier molecular flexibility index (Phi) is 6.01. The van der Waals surface area contributed by atoms with Crippen LogP contribution in [0.1, 0.15) is 18.0 Å². The number of sulfonamides is 1. The van der Waals surface area contributed by atoms with Crippen molar-refractivity contribution in [2.45, 2.75) is 12.5 Å². The van der Waals surface area contributed by atoms with Gasteiger partial charge in [-0.15, -0.1) is 0 Å². The van der Waals surface area contributed by atoms with E-state index in [0.29, 0.717) is 5.56 Å². The van der Waals surface area contributed by atoms with Gasteiger partial charge in [0, 0.05) is 24.2 Å². The molecule has 0 spiro atoms. The summed E-state index contributed by atoms with van der Waals surface area (Å²) >= 11 is 0. The fourth-order valence-electron chi connectivity index (χ4n) is 2.28. The number of hydrogen-bond donors (Lipinski definition) is 2. The number of non-ortho nitro benzene ring substituents is 1. The second-order valence-corrected chi connectivity index (χ2v) is 7.33. The van der Waals surface area contributed by atoms with Crippen molar-refractivity contribution in [1.82, 2.24) is 4.72 Å². The minimum absolute atomic E-state index is 0.188. The second kappa shape index (κ2) is 8.02. The van der Waals surface area contributed by atoms with E-state index >= 15 is 0 Å². The largest absolute Gasteiger partial charge is 0.326 e. The highest BCUT2D eigenvalue weighted by Gasteiger charge is 2.20. The number of hydrogen-bond acceptors (Lipinski definition) is 5. The molecule has 0 saturated carbocycles. The summed E-state index contributed by atoms with van der Waals surface area (Å²) in [4.78, 5) is 22.4. The highest BCUT2D eigenvalue weighted by atomic mass is 32.2. The van der Waals surface area contributed by atoms with Gasteiger partial charge in [0.05, 0.1) is 17.2 Å². The third-order valence-electron chi connectivity index (χ3n) is 3.36. The second-order valence-electron chi connectivity index (χ2n) is 5.55. The SMILES string of the molecule is CS(=O)(=O)N[C@@H](CC(=O)Nc1cccc([N+](=O)[O-])c1)c1ccc(F)cc1. The smallest absolute Gasteiger partial charge is 0.271 e. The number of carbonyl (C=O) groups is 1. The van der Waals surface area contributed by atoms with Crippen molar-refractivity contribution in [2.24, 2.45) is 0 Å². The Labute approximate surface area is 149 Å². The highest BCUT2D eigenvalue weighted by Crippen LogP contribution is 2.21. The van der Waals surface area contributed by atoms with Gasteiger partial charge in [-0.25, -0.2) is 17.5 Å². The minimum atomic E-state index is -3.63. The Hall–Kier alpha value is -2.85. The molecule has 0 unspecified atom stereocenters. The normalized spacial score (nSPS) is 12.4. The maximum absolute atomic E-state index is 13.1. The van der Waals surface area contributed by atoms with Crippen molar-refractivity contribution in [3.8, 4) is 0 Å². The van der Waals surface area contributed by atoms with E-state index < -0.39 is 32.7 Å². The van der Waals surface area contributed by atoms with Crippen molar-refractivity contribution in [3.05, 3.63) is 70.0 Å². The van der Waals surface area contributed by atoms with Crippen LogP contribution in [-0.4, -0.2) is 25.5 Å². The van der Waals surface area contributed by atoms with Gasteiger partial charge in [-0.2, -0.15) is 0 Å². The number of halogens is 1. The molecule has 1 amide bonds. The summed E-state index contributed by atoms with van der Waals surface area (Å²) in [5.41, 5.74) is 0.430. The summed E-state index contributed by atoms with van der Waals surface area (Å²) in [6.45, 7) is 0. The minimum Gasteiger partial charge on any atom is -0.326 e. The predicted octanol–water partition coefficient (Wildman–Crippen LogP) is 2.35. The maximum Gasteiger partial charge on any atom is 0.271 e. The molecule has 0 aliphatic heterocycles. The number of nitrogens with one attached hydrogen (secondary N) is 2. The Morgan fingerprint density at radius 3 is 2.46 bits per heavy atom. The van der Waals surface area contributed by atoms with Gasteiger partial charge in [0.1, 0.15) is 5.82 Å². The zero-order valence-electron chi connectivity index (χ0n) is 13.7. The van der Waals surface area contributed by atoms with Crippen molar-refractivity contribution in [3.63, 3.8) is 0 Å². The summed E-state index contributed by atoms with van der Waals surface area (Å²) in [7, 11) is -3.63. The van der Waals surface area contributed by atoms with Crippen LogP contribution in [0.3, 0.4) is 0 Å². The van der Waals surface area contributed by atoms with Crippen molar-refractivity contribution in [2.75, 3.05) is 11.6 Å².